The van der Waals surface area contributed by atoms with Crippen LogP contribution in [-0.4, -0.2) is 31.1 Å². The predicted octanol–water partition coefficient (Wildman–Crippen LogP) is 3.04. The van der Waals surface area contributed by atoms with Crippen LogP contribution in [0.3, 0.4) is 0 Å². The lowest BCUT2D eigenvalue weighted by Crippen LogP contribution is -2.45. The minimum atomic E-state index is 0.0322. The number of ether oxygens (including phenoxy) is 1. The third-order valence-corrected chi connectivity index (χ3v) is 4.26. The molecular formula is C17H26N2O. The normalized spacial score (nSPS) is 21.4. The van der Waals surface area contributed by atoms with E-state index < -0.39 is 0 Å². The fraction of sp³-hybridized carbons (Fsp3) is 0.529. The van der Waals surface area contributed by atoms with Crippen LogP contribution in [0, 0.1) is 6.92 Å². The number of benzene rings is 1. The summed E-state index contributed by atoms with van der Waals surface area (Å²) in [7, 11) is 1.71. The second-order valence-corrected chi connectivity index (χ2v) is 5.60. The highest BCUT2D eigenvalue weighted by Gasteiger charge is 2.28. The lowest BCUT2D eigenvalue weighted by atomic mass is 9.91. The number of hydrogen-bond acceptors (Lipinski definition) is 3. The number of methoxy groups -OCH3 is 1. The molecule has 0 amide bonds. The van der Waals surface area contributed by atoms with Crippen molar-refractivity contribution < 1.29 is 4.74 Å². The lowest BCUT2D eigenvalue weighted by molar-refractivity contribution is 0.141. The monoisotopic (exact) mass is 274 g/mol. The summed E-state index contributed by atoms with van der Waals surface area (Å²) >= 11 is 0. The first-order valence-corrected chi connectivity index (χ1v) is 7.42. The van der Waals surface area contributed by atoms with Gasteiger partial charge in [-0.2, -0.15) is 0 Å². The maximum absolute atomic E-state index is 6.53. The quantitative estimate of drug-likeness (QED) is 0.839. The minimum absolute atomic E-state index is 0.0322. The van der Waals surface area contributed by atoms with Crippen molar-refractivity contribution in [2.45, 2.75) is 38.3 Å². The highest BCUT2D eigenvalue weighted by Crippen LogP contribution is 2.29. The van der Waals surface area contributed by atoms with Crippen LogP contribution >= 0.6 is 0 Å². The lowest BCUT2D eigenvalue weighted by Gasteiger charge is -2.38. The molecule has 3 heteroatoms. The number of piperidine rings is 1. The molecule has 0 radical (unpaired) electrons. The van der Waals surface area contributed by atoms with Crippen LogP contribution < -0.4 is 10.5 Å². The highest BCUT2D eigenvalue weighted by atomic mass is 16.5. The number of rotatable bonds is 5. The summed E-state index contributed by atoms with van der Waals surface area (Å²) in [4.78, 5) is 2.45. The molecule has 1 unspecified atom stereocenters. The average molecular weight is 274 g/mol. The summed E-state index contributed by atoms with van der Waals surface area (Å²) in [6.07, 6.45) is 5.65. The standard InChI is InChI=1S/C17H26N2O/c1-4-10-19-11-6-5-7-15(19)17(18)14-9-8-13(2)16(12-14)20-3/h4,8-9,12,15,17H,1,5-7,10-11,18H2,2-3H3/t15?,17-/m0/s1. The third-order valence-electron chi connectivity index (χ3n) is 4.26. The van der Waals surface area contributed by atoms with Gasteiger partial charge in [-0.15, -0.1) is 6.58 Å². The van der Waals surface area contributed by atoms with Gasteiger partial charge in [-0.3, -0.25) is 4.90 Å². The second-order valence-electron chi connectivity index (χ2n) is 5.60. The zero-order chi connectivity index (χ0) is 14.5. The Morgan fingerprint density at radius 3 is 3.00 bits per heavy atom. The number of hydrogen-bond donors (Lipinski definition) is 1. The molecule has 0 aromatic heterocycles. The Labute approximate surface area is 122 Å². The first-order valence-electron chi connectivity index (χ1n) is 7.42. The van der Waals surface area contributed by atoms with Crippen LogP contribution in [0.15, 0.2) is 30.9 Å². The predicted molar refractivity (Wildman–Crippen MR) is 84.1 cm³/mol. The van der Waals surface area contributed by atoms with Crippen molar-refractivity contribution in [2.75, 3.05) is 20.2 Å². The van der Waals surface area contributed by atoms with Crippen molar-refractivity contribution in [1.29, 1.82) is 0 Å². The van der Waals surface area contributed by atoms with Gasteiger partial charge in [-0.1, -0.05) is 24.6 Å². The molecule has 0 spiro atoms. The molecule has 2 N–H and O–H groups in total. The van der Waals surface area contributed by atoms with Gasteiger partial charge in [0, 0.05) is 18.6 Å². The molecule has 0 saturated carbocycles. The van der Waals surface area contributed by atoms with Gasteiger partial charge >= 0.3 is 0 Å². The number of likely N-dealkylation sites (tertiary alicyclic amines) is 1. The van der Waals surface area contributed by atoms with E-state index >= 15 is 0 Å². The van der Waals surface area contributed by atoms with Crippen molar-refractivity contribution in [3.63, 3.8) is 0 Å². The Bertz CT molecular complexity index is 458. The zero-order valence-corrected chi connectivity index (χ0v) is 12.6. The van der Waals surface area contributed by atoms with Gasteiger partial charge < -0.3 is 10.5 Å². The van der Waals surface area contributed by atoms with Crippen LogP contribution in [0.2, 0.25) is 0 Å². The van der Waals surface area contributed by atoms with E-state index in [1.807, 2.05) is 6.08 Å². The Morgan fingerprint density at radius 2 is 2.30 bits per heavy atom. The van der Waals surface area contributed by atoms with E-state index in [4.69, 9.17) is 10.5 Å². The zero-order valence-electron chi connectivity index (χ0n) is 12.6. The topological polar surface area (TPSA) is 38.5 Å². The molecule has 1 aliphatic heterocycles. The van der Waals surface area contributed by atoms with Gasteiger partial charge in [0.15, 0.2) is 0 Å². The molecule has 110 valence electrons. The fourth-order valence-electron chi connectivity index (χ4n) is 3.08. The maximum Gasteiger partial charge on any atom is 0.122 e. The molecular weight excluding hydrogens is 248 g/mol. The Balaban J connectivity index is 2.19. The van der Waals surface area contributed by atoms with Crippen molar-refractivity contribution >= 4 is 0 Å². The molecule has 3 nitrogen and oxygen atoms in total. The second kappa shape index (κ2) is 6.91. The van der Waals surface area contributed by atoms with E-state index in [1.165, 1.54) is 12.8 Å². The highest BCUT2D eigenvalue weighted by molar-refractivity contribution is 5.38. The molecule has 2 rings (SSSR count). The summed E-state index contributed by atoms with van der Waals surface area (Å²) in [5.74, 6) is 0.920. The first kappa shape index (κ1) is 15.1. The molecule has 0 aliphatic carbocycles. The van der Waals surface area contributed by atoms with E-state index in [2.05, 4.69) is 36.6 Å². The molecule has 2 atom stereocenters. The molecule has 1 fully saturated rings. The summed E-state index contributed by atoms with van der Waals surface area (Å²) in [6, 6.07) is 6.73. The van der Waals surface area contributed by atoms with Gasteiger partial charge in [-0.25, -0.2) is 0 Å². The van der Waals surface area contributed by atoms with Crippen molar-refractivity contribution in [3.8, 4) is 5.75 Å². The van der Waals surface area contributed by atoms with Gasteiger partial charge in [0.25, 0.3) is 0 Å². The van der Waals surface area contributed by atoms with Gasteiger partial charge in [0.05, 0.1) is 7.11 Å². The van der Waals surface area contributed by atoms with E-state index in [0.717, 1.165) is 36.4 Å². The Kier molecular flexibility index (Phi) is 5.21. The summed E-state index contributed by atoms with van der Waals surface area (Å²) in [5, 5.41) is 0. The smallest absolute Gasteiger partial charge is 0.122 e. The maximum atomic E-state index is 6.53. The average Bonchev–Trinajstić information content (AvgIpc) is 2.48. The molecule has 1 aromatic rings. The number of nitrogens with two attached hydrogens (primary N) is 1. The van der Waals surface area contributed by atoms with E-state index in [-0.39, 0.29) is 6.04 Å². The molecule has 1 heterocycles. The Morgan fingerprint density at radius 1 is 1.50 bits per heavy atom. The molecule has 1 aromatic carbocycles. The van der Waals surface area contributed by atoms with Crippen LogP contribution in [0.5, 0.6) is 5.75 Å². The fourth-order valence-corrected chi connectivity index (χ4v) is 3.08. The number of aryl methyl sites for hydroxylation is 1. The van der Waals surface area contributed by atoms with Gasteiger partial charge in [-0.05, 0) is 43.5 Å². The molecule has 1 aliphatic rings. The summed E-state index contributed by atoms with van der Waals surface area (Å²) < 4.78 is 5.41. The van der Waals surface area contributed by atoms with Crippen LogP contribution in [0.25, 0.3) is 0 Å². The van der Waals surface area contributed by atoms with E-state index in [9.17, 15) is 0 Å². The van der Waals surface area contributed by atoms with Gasteiger partial charge in [0.2, 0.25) is 0 Å². The van der Waals surface area contributed by atoms with Crippen molar-refractivity contribution in [3.05, 3.63) is 42.0 Å². The summed E-state index contributed by atoms with van der Waals surface area (Å²) in [6.45, 7) is 7.95. The largest absolute Gasteiger partial charge is 0.496 e. The van der Waals surface area contributed by atoms with Crippen LogP contribution in [0.1, 0.15) is 36.4 Å². The Hall–Kier alpha value is -1.32. The van der Waals surface area contributed by atoms with Gasteiger partial charge in [0.1, 0.15) is 5.75 Å². The van der Waals surface area contributed by atoms with Crippen molar-refractivity contribution in [2.24, 2.45) is 5.73 Å². The van der Waals surface area contributed by atoms with Crippen LogP contribution in [-0.2, 0) is 0 Å². The van der Waals surface area contributed by atoms with Crippen molar-refractivity contribution in [1.82, 2.24) is 4.90 Å². The van der Waals surface area contributed by atoms with E-state index in [0.29, 0.717) is 6.04 Å². The molecule has 0 bridgehead atoms. The van der Waals surface area contributed by atoms with Crippen LogP contribution in [0.4, 0.5) is 0 Å². The SMILES string of the molecule is C=CCN1CCCCC1[C@@H](N)c1ccc(C)c(OC)c1. The number of nitrogens with zero attached hydrogens (tertiary/aromatic N) is 1. The third kappa shape index (κ3) is 3.22. The first-order chi connectivity index (χ1) is 9.67. The molecule has 20 heavy (non-hydrogen) atoms. The molecule has 1 saturated heterocycles. The minimum Gasteiger partial charge on any atom is -0.496 e. The summed E-state index contributed by atoms with van der Waals surface area (Å²) in [5.41, 5.74) is 8.84. The van der Waals surface area contributed by atoms with E-state index in [1.54, 1.807) is 7.11 Å².